The van der Waals surface area contributed by atoms with Crippen LogP contribution in [0.2, 0.25) is 0 Å². The van der Waals surface area contributed by atoms with Crippen LogP contribution in [0, 0.1) is 0 Å². The highest BCUT2D eigenvalue weighted by molar-refractivity contribution is 6.23. The summed E-state index contributed by atoms with van der Waals surface area (Å²) in [5.41, 5.74) is 10.1. The Labute approximate surface area is 314 Å². The van der Waals surface area contributed by atoms with E-state index in [1.54, 1.807) is 0 Å². The summed E-state index contributed by atoms with van der Waals surface area (Å²) < 4.78 is 0. The summed E-state index contributed by atoms with van der Waals surface area (Å²) in [7, 11) is 0. The highest BCUT2D eigenvalue weighted by Gasteiger charge is 2.19. The van der Waals surface area contributed by atoms with Gasteiger partial charge in [0.15, 0.2) is 0 Å². The van der Waals surface area contributed by atoms with Gasteiger partial charge < -0.3 is 0 Å². The molecule has 0 heteroatoms. The van der Waals surface area contributed by atoms with Crippen LogP contribution in [0.1, 0.15) is 0 Å². The molecule has 0 amide bonds. The highest BCUT2D eigenvalue weighted by Crippen LogP contribution is 2.46. The zero-order chi connectivity index (χ0) is 35.6. The molecule has 250 valence electrons. The van der Waals surface area contributed by atoms with E-state index in [4.69, 9.17) is 0 Å². The fraction of sp³-hybridized carbons (Fsp3) is 0. The van der Waals surface area contributed by atoms with Gasteiger partial charge in [0.25, 0.3) is 0 Å². The van der Waals surface area contributed by atoms with E-state index in [1.807, 2.05) is 0 Å². The molecule has 0 saturated carbocycles. The smallest absolute Gasteiger partial charge is 0.00262 e. The van der Waals surface area contributed by atoms with Gasteiger partial charge in [-0.25, -0.2) is 0 Å². The Morgan fingerprint density at radius 1 is 0.167 bits per heavy atom. The molecule has 0 heterocycles. The van der Waals surface area contributed by atoms with Gasteiger partial charge in [-0.05, 0) is 127 Å². The van der Waals surface area contributed by atoms with Crippen molar-refractivity contribution >= 4 is 64.6 Å². The second-order valence-electron chi connectivity index (χ2n) is 14.4. The minimum atomic E-state index is 1.23. The molecule has 0 aliphatic carbocycles. The number of hydrogen-bond donors (Lipinski definition) is 0. The maximum Gasteiger partial charge on any atom is -0.00262 e. The number of benzene rings is 11. The third kappa shape index (κ3) is 4.78. The molecule has 54 heavy (non-hydrogen) atoms. The SMILES string of the molecule is c1ccc(-c2c3ccccc3c(-c3ccc4cc(-c5c6ccccc6c(-c6ccc7ccccc7c6)c6ccccc56)ccc4c3)c3ccccc23)cc1. The Kier molecular flexibility index (Phi) is 6.97. The molecule has 0 N–H and O–H groups in total. The van der Waals surface area contributed by atoms with E-state index in [2.05, 4.69) is 206 Å². The van der Waals surface area contributed by atoms with Crippen LogP contribution in [0.4, 0.5) is 0 Å². The fourth-order valence-electron chi connectivity index (χ4n) is 9.01. The second kappa shape index (κ2) is 12.3. The molecule has 11 aromatic carbocycles. The monoisotopic (exact) mass is 682 g/mol. The van der Waals surface area contributed by atoms with E-state index in [0.717, 1.165) is 0 Å². The molecular formula is C54H34. The molecule has 0 radical (unpaired) electrons. The summed E-state index contributed by atoms with van der Waals surface area (Å²) in [5.74, 6) is 0. The summed E-state index contributed by atoms with van der Waals surface area (Å²) in [6, 6.07) is 76.1. The van der Waals surface area contributed by atoms with Crippen LogP contribution in [-0.2, 0) is 0 Å². The van der Waals surface area contributed by atoms with E-state index >= 15 is 0 Å². The third-order valence-corrected chi connectivity index (χ3v) is 11.4. The normalized spacial score (nSPS) is 11.7. The van der Waals surface area contributed by atoms with Crippen LogP contribution in [0.3, 0.4) is 0 Å². The van der Waals surface area contributed by atoms with Crippen LogP contribution < -0.4 is 0 Å². The van der Waals surface area contributed by atoms with E-state index in [1.165, 1.54) is 109 Å². The average molecular weight is 683 g/mol. The van der Waals surface area contributed by atoms with Crippen LogP contribution in [0.15, 0.2) is 206 Å². The van der Waals surface area contributed by atoms with Crippen molar-refractivity contribution in [3.63, 3.8) is 0 Å². The Hall–Kier alpha value is -7.02. The molecule has 0 aromatic heterocycles. The fourth-order valence-corrected chi connectivity index (χ4v) is 9.01. The molecule has 0 bridgehead atoms. The van der Waals surface area contributed by atoms with Crippen molar-refractivity contribution in [1.82, 2.24) is 0 Å². The first-order valence-electron chi connectivity index (χ1n) is 18.8. The van der Waals surface area contributed by atoms with Crippen molar-refractivity contribution in [2.24, 2.45) is 0 Å². The predicted octanol–water partition coefficient (Wildman–Crippen LogP) is 15.3. The Bertz CT molecular complexity index is 3140. The number of fused-ring (bicyclic) bond motifs is 6. The van der Waals surface area contributed by atoms with Crippen molar-refractivity contribution in [3.8, 4) is 44.5 Å². The number of rotatable bonds is 4. The molecule has 0 aliphatic rings. The van der Waals surface area contributed by atoms with Gasteiger partial charge in [0, 0.05) is 0 Å². The minimum absolute atomic E-state index is 1.23. The van der Waals surface area contributed by atoms with Crippen molar-refractivity contribution in [1.29, 1.82) is 0 Å². The maximum absolute atomic E-state index is 2.39. The summed E-state index contributed by atoms with van der Waals surface area (Å²) in [5, 5.41) is 15.2. The Balaban J connectivity index is 1.10. The first-order chi connectivity index (χ1) is 26.8. The molecule has 11 rings (SSSR count). The molecular weight excluding hydrogens is 649 g/mol. The Morgan fingerprint density at radius 3 is 0.796 bits per heavy atom. The van der Waals surface area contributed by atoms with Crippen molar-refractivity contribution < 1.29 is 0 Å². The lowest BCUT2D eigenvalue weighted by Gasteiger charge is -2.19. The molecule has 0 saturated heterocycles. The van der Waals surface area contributed by atoms with Crippen LogP contribution in [0.5, 0.6) is 0 Å². The number of hydrogen-bond acceptors (Lipinski definition) is 0. The minimum Gasteiger partial charge on any atom is -0.0622 e. The molecule has 0 fully saturated rings. The largest absolute Gasteiger partial charge is 0.0622 e. The molecule has 0 atom stereocenters. The molecule has 0 spiro atoms. The van der Waals surface area contributed by atoms with Gasteiger partial charge in [-0.1, -0.05) is 188 Å². The van der Waals surface area contributed by atoms with Crippen molar-refractivity contribution in [3.05, 3.63) is 206 Å². The van der Waals surface area contributed by atoms with Gasteiger partial charge in [0.05, 0.1) is 0 Å². The quantitative estimate of drug-likeness (QED) is 0.162. The van der Waals surface area contributed by atoms with Crippen LogP contribution in [0.25, 0.3) is 109 Å². The van der Waals surface area contributed by atoms with Gasteiger partial charge in [-0.3, -0.25) is 0 Å². The molecule has 11 aromatic rings. The first kappa shape index (κ1) is 30.6. The third-order valence-electron chi connectivity index (χ3n) is 11.4. The summed E-state index contributed by atoms with van der Waals surface area (Å²) >= 11 is 0. The zero-order valence-electron chi connectivity index (χ0n) is 29.6. The average Bonchev–Trinajstić information content (AvgIpc) is 3.24. The van der Waals surface area contributed by atoms with Crippen molar-refractivity contribution in [2.45, 2.75) is 0 Å². The van der Waals surface area contributed by atoms with Crippen LogP contribution in [-0.4, -0.2) is 0 Å². The first-order valence-corrected chi connectivity index (χ1v) is 18.8. The standard InChI is InChI=1S/C54H34/c1-2-15-36(16-3-1)51-43-18-6-8-20-45(43)53(46-21-9-7-19-44(46)51)41-30-27-39-34-42(31-28-38(39)33-41)54-49-24-12-10-22-47(49)52(48-23-11-13-25-50(48)54)40-29-26-35-14-4-5-17-37(35)32-40/h1-34H. The lowest BCUT2D eigenvalue weighted by molar-refractivity contribution is 1.66. The van der Waals surface area contributed by atoms with Gasteiger partial charge >= 0.3 is 0 Å². The van der Waals surface area contributed by atoms with E-state index < -0.39 is 0 Å². The maximum atomic E-state index is 2.39. The molecule has 0 nitrogen and oxygen atoms in total. The summed E-state index contributed by atoms with van der Waals surface area (Å²) in [4.78, 5) is 0. The highest BCUT2D eigenvalue weighted by atomic mass is 14.2. The van der Waals surface area contributed by atoms with Crippen LogP contribution >= 0.6 is 0 Å². The predicted molar refractivity (Wildman–Crippen MR) is 233 cm³/mol. The van der Waals surface area contributed by atoms with Gasteiger partial charge in [0.1, 0.15) is 0 Å². The van der Waals surface area contributed by atoms with E-state index in [0.29, 0.717) is 0 Å². The lowest BCUT2D eigenvalue weighted by atomic mass is 9.84. The second-order valence-corrected chi connectivity index (χ2v) is 14.4. The molecule has 0 aliphatic heterocycles. The summed E-state index contributed by atoms with van der Waals surface area (Å²) in [6.07, 6.45) is 0. The topological polar surface area (TPSA) is 0 Å². The molecule has 0 unspecified atom stereocenters. The van der Waals surface area contributed by atoms with E-state index in [9.17, 15) is 0 Å². The Morgan fingerprint density at radius 2 is 0.426 bits per heavy atom. The van der Waals surface area contributed by atoms with Gasteiger partial charge in [0.2, 0.25) is 0 Å². The lowest BCUT2D eigenvalue weighted by Crippen LogP contribution is -1.92. The van der Waals surface area contributed by atoms with Gasteiger partial charge in [-0.2, -0.15) is 0 Å². The van der Waals surface area contributed by atoms with Gasteiger partial charge in [-0.15, -0.1) is 0 Å². The summed E-state index contributed by atoms with van der Waals surface area (Å²) in [6.45, 7) is 0. The zero-order valence-corrected chi connectivity index (χ0v) is 29.6. The van der Waals surface area contributed by atoms with E-state index in [-0.39, 0.29) is 0 Å². The van der Waals surface area contributed by atoms with Crippen molar-refractivity contribution in [2.75, 3.05) is 0 Å².